The third-order valence-electron chi connectivity index (χ3n) is 4.72. The predicted molar refractivity (Wildman–Crippen MR) is 120 cm³/mol. The summed E-state index contributed by atoms with van der Waals surface area (Å²) in [6, 6.07) is 15.6. The van der Waals surface area contributed by atoms with Gasteiger partial charge in [-0.3, -0.25) is 0 Å². The number of para-hydroxylation sites is 1. The lowest BCUT2D eigenvalue weighted by Gasteiger charge is -2.12. The van der Waals surface area contributed by atoms with E-state index in [1.165, 1.54) is 23.9 Å². The van der Waals surface area contributed by atoms with Crippen molar-refractivity contribution in [2.24, 2.45) is 5.92 Å². The van der Waals surface area contributed by atoms with E-state index in [0.29, 0.717) is 35.6 Å². The van der Waals surface area contributed by atoms with Crippen LogP contribution in [0.25, 0.3) is 11.5 Å². The van der Waals surface area contributed by atoms with Crippen molar-refractivity contribution < 1.29 is 13.7 Å². The van der Waals surface area contributed by atoms with Crippen molar-refractivity contribution in [2.75, 3.05) is 0 Å². The first-order valence-electron chi connectivity index (χ1n) is 10.4. The van der Waals surface area contributed by atoms with Crippen molar-refractivity contribution in [1.29, 1.82) is 0 Å². The molecule has 7 nitrogen and oxygen atoms in total. The van der Waals surface area contributed by atoms with Crippen molar-refractivity contribution in [2.45, 2.75) is 44.3 Å². The Bertz CT molecular complexity index is 1130. The second-order valence-electron chi connectivity index (χ2n) is 7.65. The summed E-state index contributed by atoms with van der Waals surface area (Å²) >= 11 is 1.49. The molecule has 0 N–H and O–H groups in total. The van der Waals surface area contributed by atoms with Crippen LogP contribution in [-0.4, -0.2) is 24.9 Å². The van der Waals surface area contributed by atoms with Crippen molar-refractivity contribution in [3.63, 3.8) is 0 Å². The van der Waals surface area contributed by atoms with Gasteiger partial charge in [0, 0.05) is 12.1 Å². The maximum atomic E-state index is 13.1. The molecule has 0 amide bonds. The highest BCUT2D eigenvalue weighted by atomic mass is 32.2. The molecule has 4 aromatic rings. The number of halogens is 1. The highest BCUT2D eigenvalue weighted by Crippen LogP contribution is 2.24. The fourth-order valence-electron chi connectivity index (χ4n) is 2.96. The van der Waals surface area contributed by atoms with Crippen LogP contribution >= 0.6 is 11.8 Å². The molecule has 0 saturated heterocycles. The molecule has 0 radical (unpaired) electrons. The van der Waals surface area contributed by atoms with Gasteiger partial charge in [0.1, 0.15) is 18.2 Å². The van der Waals surface area contributed by atoms with Gasteiger partial charge in [-0.2, -0.15) is 4.98 Å². The number of benzene rings is 2. The normalized spacial score (nSPS) is 11.2. The zero-order chi connectivity index (χ0) is 22.3. The molecule has 0 aliphatic heterocycles. The fraction of sp³-hybridized carbons (Fsp3) is 0.304. The quantitative estimate of drug-likeness (QED) is 0.298. The van der Waals surface area contributed by atoms with E-state index in [1.807, 2.05) is 30.3 Å². The summed E-state index contributed by atoms with van der Waals surface area (Å²) in [7, 11) is 0. The Morgan fingerprint density at radius 3 is 2.59 bits per heavy atom. The molecule has 0 fully saturated rings. The van der Waals surface area contributed by atoms with Crippen LogP contribution in [0.3, 0.4) is 0 Å². The maximum Gasteiger partial charge on any atom is 0.257 e. The molecule has 0 unspecified atom stereocenters. The second-order valence-corrected chi connectivity index (χ2v) is 8.59. The van der Waals surface area contributed by atoms with Crippen molar-refractivity contribution >= 4 is 11.8 Å². The largest absolute Gasteiger partial charge is 0.486 e. The van der Waals surface area contributed by atoms with E-state index in [1.54, 1.807) is 12.1 Å². The molecule has 2 heterocycles. The van der Waals surface area contributed by atoms with Crippen molar-refractivity contribution in [3.8, 4) is 17.2 Å². The van der Waals surface area contributed by atoms with Crippen LogP contribution in [0.1, 0.15) is 31.9 Å². The molecule has 166 valence electrons. The van der Waals surface area contributed by atoms with Crippen LogP contribution in [0.2, 0.25) is 0 Å². The highest BCUT2D eigenvalue weighted by molar-refractivity contribution is 7.98. The minimum Gasteiger partial charge on any atom is -0.486 e. The minimum absolute atomic E-state index is 0.308. The molecule has 2 aromatic heterocycles. The summed E-state index contributed by atoms with van der Waals surface area (Å²) < 4.78 is 26.4. The van der Waals surface area contributed by atoms with Crippen LogP contribution in [-0.2, 0) is 18.9 Å². The standard InChI is InChI=1S/C23H24FN5O2S/c1-16(2)12-13-29-21(14-30-19-6-4-3-5-7-19)26-27-23(29)32-15-20-25-22(31-28-20)17-8-10-18(24)11-9-17/h3-11,16H,12-15H2,1-2H3. The van der Waals surface area contributed by atoms with Gasteiger partial charge in [-0.25, -0.2) is 4.39 Å². The predicted octanol–water partition coefficient (Wildman–Crippen LogP) is 5.38. The molecule has 32 heavy (non-hydrogen) atoms. The lowest BCUT2D eigenvalue weighted by Crippen LogP contribution is -2.10. The van der Waals surface area contributed by atoms with Gasteiger partial charge in [0.15, 0.2) is 16.8 Å². The first-order chi connectivity index (χ1) is 15.6. The summed E-state index contributed by atoms with van der Waals surface area (Å²) in [5.41, 5.74) is 0.676. The van der Waals surface area contributed by atoms with E-state index in [0.717, 1.165) is 29.7 Å². The molecular weight excluding hydrogens is 429 g/mol. The topological polar surface area (TPSA) is 78.9 Å². The smallest absolute Gasteiger partial charge is 0.257 e. The zero-order valence-corrected chi connectivity index (χ0v) is 18.8. The first-order valence-corrected chi connectivity index (χ1v) is 11.4. The molecule has 0 spiro atoms. The van der Waals surface area contributed by atoms with Crippen LogP contribution in [0.15, 0.2) is 64.3 Å². The third-order valence-corrected chi connectivity index (χ3v) is 5.69. The Morgan fingerprint density at radius 1 is 1.06 bits per heavy atom. The van der Waals surface area contributed by atoms with E-state index in [-0.39, 0.29) is 5.82 Å². The van der Waals surface area contributed by atoms with E-state index in [4.69, 9.17) is 9.26 Å². The molecular formula is C23H24FN5O2S. The summed E-state index contributed by atoms with van der Waals surface area (Å²) in [5, 5.41) is 13.5. The molecule has 9 heteroatoms. The van der Waals surface area contributed by atoms with Gasteiger partial charge in [0.25, 0.3) is 5.89 Å². The summed E-state index contributed by atoms with van der Waals surface area (Å²) in [6.07, 6.45) is 1.00. The number of nitrogens with zero attached hydrogens (tertiary/aromatic N) is 5. The van der Waals surface area contributed by atoms with Crippen molar-refractivity contribution in [1.82, 2.24) is 24.9 Å². The number of hydrogen-bond donors (Lipinski definition) is 0. The summed E-state index contributed by atoms with van der Waals surface area (Å²) in [5.74, 6) is 3.18. The molecule has 4 rings (SSSR count). The molecule has 2 aromatic carbocycles. The zero-order valence-electron chi connectivity index (χ0n) is 17.9. The molecule has 0 saturated carbocycles. The lowest BCUT2D eigenvalue weighted by atomic mass is 10.1. The van der Waals surface area contributed by atoms with Gasteiger partial charge in [-0.05, 0) is 48.7 Å². The van der Waals surface area contributed by atoms with Gasteiger partial charge in [-0.1, -0.05) is 49.0 Å². The van der Waals surface area contributed by atoms with Gasteiger partial charge in [0.2, 0.25) is 0 Å². The van der Waals surface area contributed by atoms with E-state index in [9.17, 15) is 4.39 Å². The fourth-order valence-corrected chi connectivity index (χ4v) is 3.79. The minimum atomic E-state index is -0.308. The van der Waals surface area contributed by atoms with Gasteiger partial charge in [0.05, 0.1) is 5.75 Å². The number of aromatic nitrogens is 5. The van der Waals surface area contributed by atoms with Crippen molar-refractivity contribution in [3.05, 3.63) is 72.1 Å². The Labute approximate surface area is 190 Å². The lowest BCUT2D eigenvalue weighted by molar-refractivity contribution is 0.285. The highest BCUT2D eigenvalue weighted by Gasteiger charge is 2.16. The number of thioether (sulfide) groups is 1. The Morgan fingerprint density at radius 2 is 1.84 bits per heavy atom. The van der Waals surface area contributed by atoms with Gasteiger partial charge >= 0.3 is 0 Å². The van der Waals surface area contributed by atoms with E-state index in [2.05, 4.69) is 38.8 Å². The SMILES string of the molecule is CC(C)CCn1c(COc2ccccc2)nnc1SCc1noc(-c2ccc(F)cc2)n1. The monoisotopic (exact) mass is 453 g/mol. The van der Waals surface area contributed by atoms with Crippen LogP contribution in [0.4, 0.5) is 4.39 Å². The van der Waals surface area contributed by atoms with Crippen LogP contribution in [0.5, 0.6) is 5.75 Å². The maximum absolute atomic E-state index is 13.1. The van der Waals surface area contributed by atoms with Crippen LogP contribution in [0, 0.1) is 11.7 Å². The average Bonchev–Trinajstić information content (AvgIpc) is 3.43. The summed E-state index contributed by atoms with van der Waals surface area (Å²) in [6.45, 7) is 5.52. The Balaban J connectivity index is 1.44. The van der Waals surface area contributed by atoms with Gasteiger partial charge in [-0.15, -0.1) is 10.2 Å². The van der Waals surface area contributed by atoms with Gasteiger partial charge < -0.3 is 13.8 Å². The Hall–Kier alpha value is -3.20. The number of hydrogen-bond acceptors (Lipinski definition) is 7. The third kappa shape index (κ3) is 5.73. The van der Waals surface area contributed by atoms with E-state index < -0.39 is 0 Å². The average molecular weight is 454 g/mol. The molecule has 0 bridgehead atoms. The van der Waals surface area contributed by atoms with Crippen LogP contribution < -0.4 is 4.74 Å². The van der Waals surface area contributed by atoms with E-state index >= 15 is 0 Å². The second kappa shape index (κ2) is 10.4. The molecule has 0 aliphatic carbocycles. The Kier molecular flexibility index (Phi) is 7.16. The summed E-state index contributed by atoms with van der Waals surface area (Å²) in [4.78, 5) is 4.41. The number of ether oxygens (including phenoxy) is 1. The first kappa shape index (κ1) is 22.0. The molecule has 0 aliphatic rings. The number of rotatable bonds is 10. The molecule has 0 atom stereocenters.